The molecule has 5 heteroatoms. The van der Waals surface area contributed by atoms with E-state index >= 15 is 0 Å². The van der Waals surface area contributed by atoms with E-state index in [1.807, 2.05) is 36.4 Å². The zero-order valence-electron chi connectivity index (χ0n) is 15.2. The summed E-state index contributed by atoms with van der Waals surface area (Å²) in [5.41, 5.74) is 1.10. The van der Waals surface area contributed by atoms with Gasteiger partial charge in [0.15, 0.2) is 16.9 Å². The van der Waals surface area contributed by atoms with Gasteiger partial charge < -0.3 is 18.6 Å². The molecular formula is C22H18O5. The lowest BCUT2D eigenvalue weighted by molar-refractivity contribution is 0.324. The Labute approximate surface area is 155 Å². The minimum Gasteiger partial charge on any atom is -0.493 e. The van der Waals surface area contributed by atoms with E-state index in [0.29, 0.717) is 39.5 Å². The van der Waals surface area contributed by atoms with Crippen LogP contribution in [0.1, 0.15) is 0 Å². The van der Waals surface area contributed by atoms with Crippen LogP contribution in [0.15, 0.2) is 63.8 Å². The van der Waals surface area contributed by atoms with E-state index in [2.05, 4.69) is 0 Å². The minimum atomic E-state index is -0.100. The smallest absolute Gasteiger partial charge is 0.203 e. The molecule has 0 N–H and O–H groups in total. The van der Waals surface area contributed by atoms with Crippen LogP contribution in [0.5, 0.6) is 17.2 Å². The molecule has 0 aliphatic rings. The van der Waals surface area contributed by atoms with Gasteiger partial charge in [0.05, 0.1) is 26.7 Å². The van der Waals surface area contributed by atoms with Gasteiger partial charge in [-0.1, -0.05) is 30.3 Å². The molecule has 4 aromatic rings. The number of benzene rings is 3. The van der Waals surface area contributed by atoms with E-state index in [-0.39, 0.29) is 5.43 Å². The van der Waals surface area contributed by atoms with Gasteiger partial charge in [0, 0.05) is 11.6 Å². The molecule has 0 unspecified atom stereocenters. The highest BCUT2D eigenvalue weighted by molar-refractivity contribution is 6.05. The predicted octanol–water partition coefficient (Wildman–Crippen LogP) is 4.64. The average Bonchev–Trinajstić information content (AvgIpc) is 2.71. The summed E-state index contributed by atoms with van der Waals surface area (Å²) in [6, 6.07) is 16.5. The molecule has 5 nitrogen and oxygen atoms in total. The highest BCUT2D eigenvalue weighted by atomic mass is 16.5. The van der Waals surface area contributed by atoms with Crippen molar-refractivity contribution in [3.05, 3.63) is 64.8 Å². The SMILES string of the molecule is COc1cc(-c2cc(=O)c3c(ccc4ccccc43)o2)cc(OC)c1OC. The number of methoxy groups -OCH3 is 3. The van der Waals surface area contributed by atoms with Crippen LogP contribution in [0, 0.1) is 0 Å². The summed E-state index contributed by atoms with van der Waals surface area (Å²) in [6.07, 6.45) is 0. The molecule has 0 spiro atoms. The standard InChI is InChI=1S/C22H18O5/c1-24-19-10-14(11-20(25-2)22(19)26-3)18-12-16(23)21-15-7-5-4-6-13(15)8-9-17(21)27-18/h4-12H,1-3H3. The third kappa shape index (κ3) is 2.77. The summed E-state index contributed by atoms with van der Waals surface area (Å²) in [5, 5.41) is 2.45. The number of hydrogen-bond acceptors (Lipinski definition) is 5. The van der Waals surface area contributed by atoms with E-state index in [4.69, 9.17) is 18.6 Å². The van der Waals surface area contributed by atoms with E-state index in [1.165, 1.54) is 6.07 Å². The van der Waals surface area contributed by atoms with Crippen LogP contribution < -0.4 is 19.6 Å². The largest absolute Gasteiger partial charge is 0.493 e. The fourth-order valence-electron chi connectivity index (χ4n) is 3.30. The Balaban J connectivity index is 1.98. The summed E-state index contributed by atoms with van der Waals surface area (Å²) in [4.78, 5) is 12.9. The summed E-state index contributed by atoms with van der Waals surface area (Å²) < 4.78 is 22.2. The number of hydrogen-bond donors (Lipinski definition) is 0. The predicted molar refractivity (Wildman–Crippen MR) is 105 cm³/mol. The van der Waals surface area contributed by atoms with Crippen LogP contribution in [0.4, 0.5) is 0 Å². The second kappa shape index (κ2) is 6.68. The lowest BCUT2D eigenvalue weighted by Crippen LogP contribution is -2.02. The Hall–Kier alpha value is -3.47. The molecule has 1 aromatic heterocycles. The van der Waals surface area contributed by atoms with E-state index < -0.39 is 0 Å². The van der Waals surface area contributed by atoms with Gasteiger partial charge in [-0.3, -0.25) is 4.79 Å². The molecule has 27 heavy (non-hydrogen) atoms. The molecule has 0 amide bonds. The molecule has 0 radical (unpaired) electrons. The first-order chi connectivity index (χ1) is 13.2. The van der Waals surface area contributed by atoms with E-state index in [1.54, 1.807) is 33.5 Å². The van der Waals surface area contributed by atoms with Crippen molar-refractivity contribution in [2.75, 3.05) is 21.3 Å². The normalized spacial score (nSPS) is 10.9. The lowest BCUT2D eigenvalue weighted by Gasteiger charge is -2.14. The maximum Gasteiger partial charge on any atom is 0.203 e. The van der Waals surface area contributed by atoms with Gasteiger partial charge in [0.25, 0.3) is 0 Å². The highest BCUT2D eigenvalue weighted by Crippen LogP contribution is 2.41. The van der Waals surface area contributed by atoms with Gasteiger partial charge in [-0.15, -0.1) is 0 Å². The number of rotatable bonds is 4. The van der Waals surface area contributed by atoms with Gasteiger partial charge in [-0.05, 0) is 29.0 Å². The fourth-order valence-corrected chi connectivity index (χ4v) is 3.30. The third-order valence-corrected chi connectivity index (χ3v) is 4.57. The first-order valence-corrected chi connectivity index (χ1v) is 8.42. The van der Waals surface area contributed by atoms with Gasteiger partial charge in [0.1, 0.15) is 11.3 Å². The molecule has 0 fully saturated rings. The second-order valence-corrected chi connectivity index (χ2v) is 6.05. The van der Waals surface area contributed by atoms with Crippen LogP contribution in [-0.2, 0) is 0 Å². The number of ether oxygens (including phenoxy) is 3. The minimum absolute atomic E-state index is 0.100. The Morgan fingerprint density at radius 1 is 0.815 bits per heavy atom. The highest BCUT2D eigenvalue weighted by Gasteiger charge is 2.17. The second-order valence-electron chi connectivity index (χ2n) is 6.05. The first-order valence-electron chi connectivity index (χ1n) is 8.42. The Morgan fingerprint density at radius 3 is 2.19 bits per heavy atom. The van der Waals surface area contributed by atoms with Crippen molar-refractivity contribution in [1.82, 2.24) is 0 Å². The van der Waals surface area contributed by atoms with Crippen molar-refractivity contribution in [3.8, 4) is 28.6 Å². The molecule has 0 aliphatic carbocycles. The fraction of sp³-hybridized carbons (Fsp3) is 0.136. The topological polar surface area (TPSA) is 57.9 Å². The average molecular weight is 362 g/mol. The maximum absolute atomic E-state index is 12.9. The molecule has 0 bridgehead atoms. The molecule has 0 saturated heterocycles. The monoisotopic (exact) mass is 362 g/mol. The summed E-state index contributed by atoms with van der Waals surface area (Å²) in [5.74, 6) is 1.90. The van der Waals surface area contributed by atoms with Crippen LogP contribution in [0.25, 0.3) is 33.1 Å². The van der Waals surface area contributed by atoms with Crippen LogP contribution in [-0.4, -0.2) is 21.3 Å². The van der Waals surface area contributed by atoms with E-state index in [0.717, 1.165) is 10.8 Å². The molecule has 0 saturated carbocycles. The van der Waals surface area contributed by atoms with Crippen molar-refractivity contribution < 1.29 is 18.6 Å². The van der Waals surface area contributed by atoms with Crippen molar-refractivity contribution in [1.29, 1.82) is 0 Å². The van der Waals surface area contributed by atoms with Gasteiger partial charge in [0.2, 0.25) is 5.75 Å². The van der Waals surface area contributed by atoms with Crippen molar-refractivity contribution in [2.24, 2.45) is 0 Å². The summed E-state index contributed by atoms with van der Waals surface area (Å²) in [7, 11) is 4.63. The molecule has 136 valence electrons. The van der Waals surface area contributed by atoms with Gasteiger partial charge in [-0.2, -0.15) is 0 Å². The first kappa shape index (κ1) is 17.0. The molecule has 4 rings (SSSR count). The summed E-state index contributed by atoms with van der Waals surface area (Å²) in [6.45, 7) is 0. The van der Waals surface area contributed by atoms with Crippen molar-refractivity contribution in [2.45, 2.75) is 0 Å². The molecule has 0 atom stereocenters. The van der Waals surface area contributed by atoms with Crippen molar-refractivity contribution >= 4 is 21.7 Å². The van der Waals surface area contributed by atoms with Crippen LogP contribution in [0.2, 0.25) is 0 Å². The number of fused-ring (bicyclic) bond motifs is 3. The lowest BCUT2D eigenvalue weighted by atomic mass is 10.0. The van der Waals surface area contributed by atoms with Crippen molar-refractivity contribution in [3.63, 3.8) is 0 Å². The Morgan fingerprint density at radius 2 is 1.52 bits per heavy atom. The molecular weight excluding hydrogens is 344 g/mol. The quantitative estimate of drug-likeness (QED) is 0.495. The van der Waals surface area contributed by atoms with Gasteiger partial charge >= 0.3 is 0 Å². The maximum atomic E-state index is 12.9. The van der Waals surface area contributed by atoms with Crippen LogP contribution in [0.3, 0.4) is 0 Å². The van der Waals surface area contributed by atoms with Crippen LogP contribution >= 0.6 is 0 Å². The van der Waals surface area contributed by atoms with Gasteiger partial charge in [-0.25, -0.2) is 0 Å². The zero-order chi connectivity index (χ0) is 19.0. The molecule has 0 aliphatic heterocycles. The Kier molecular flexibility index (Phi) is 4.20. The Bertz CT molecular complexity index is 1180. The molecule has 1 heterocycles. The zero-order valence-corrected chi connectivity index (χ0v) is 15.2. The molecule has 3 aromatic carbocycles. The van der Waals surface area contributed by atoms with E-state index in [9.17, 15) is 4.79 Å². The third-order valence-electron chi connectivity index (χ3n) is 4.57. The summed E-state index contributed by atoms with van der Waals surface area (Å²) >= 11 is 0.